The molecule has 0 saturated carbocycles. The van der Waals surface area contributed by atoms with Crippen LogP contribution in [-0.4, -0.2) is 6.54 Å². The van der Waals surface area contributed by atoms with Crippen molar-refractivity contribution in [1.82, 2.24) is 0 Å². The van der Waals surface area contributed by atoms with Crippen molar-refractivity contribution in [2.24, 2.45) is 5.73 Å². The maximum absolute atomic E-state index is 5.70. The molecule has 0 aliphatic rings. The van der Waals surface area contributed by atoms with Crippen LogP contribution in [0.25, 0.3) is 5.57 Å². The summed E-state index contributed by atoms with van der Waals surface area (Å²) < 4.78 is 0. The van der Waals surface area contributed by atoms with E-state index in [1.54, 1.807) is 0 Å². The van der Waals surface area contributed by atoms with E-state index in [9.17, 15) is 0 Å². The third kappa shape index (κ3) is 4.35. The molecule has 0 radical (unpaired) electrons. The zero-order valence-electron chi connectivity index (χ0n) is 11.2. The first kappa shape index (κ1) is 14.0. The smallest absolute Gasteiger partial charge is 0.00714 e. The first-order valence-corrected chi connectivity index (χ1v) is 6.65. The summed E-state index contributed by atoms with van der Waals surface area (Å²) in [5.41, 5.74) is 9.49. The molecule has 2 N–H and O–H groups in total. The number of allylic oxidation sites excluding steroid dienone is 1. The predicted octanol–water partition coefficient (Wildman–Crippen LogP) is 4.34. The van der Waals surface area contributed by atoms with Gasteiger partial charge in [0.05, 0.1) is 0 Å². The van der Waals surface area contributed by atoms with Crippen LogP contribution in [0.15, 0.2) is 30.8 Å². The lowest BCUT2D eigenvalue weighted by Crippen LogP contribution is -2.07. The molecular weight excluding hydrogens is 206 g/mol. The Balaban J connectivity index is 2.75. The van der Waals surface area contributed by atoms with Gasteiger partial charge in [0, 0.05) is 0 Å². The lowest BCUT2D eigenvalue weighted by atomic mass is 9.90. The van der Waals surface area contributed by atoms with Crippen LogP contribution >= 0.6 is 0 Å². The summed E-state index contributed by atoms with van der Waals surface area (Å²) in [6.07, 6.45) is 4.88. The van der Waals surface area contributed by atoms with Gasteiger partial charge < -0.3 is 5.73 Å². The van der Waals surface area contributed by atoms with Crippen LogP contribution in [0.2, 0.25) is 0 Å². The molecule has 0 aromatic heterocycles. The second-order valence-corrected chi connectivity index (χ2v) is 4.82. The van der Waals surface area contributed by atoms with E-state index in [0.717, 1.165) is 18.5 Å². The summed E-state index contributed by atoms with van der Waals surface area (Å²) in [7, 11) is 0. The number of benzene rings is 1. The topological polar surface area (TPSA) is 26.0 Å². The monoisotopic (exact) mass is 231 g/mol. The van der Waals surface area contributed by atoms with Gasteiger partial charge in [0.1, 0.15) is 0 Å². The molecule has 1 nitrogen and oxygen atoms in total. The molecule has 1 unspecified atom stereocenters. The zero-order chi connectivity index (χ0) is 12.7. The Morgan fingerprint density at radius 2 is 1.88 bits per heavy atom. The van der Waals surface area contributed by atoms with Crippen molar-refractivity contribution >= 4 is 5.57 Å². The third-order valence-electron chi connectivity index (χ3n) is 3.30. The standard InChI is InChI=1S/C16H25N/c1-4-5-6-15(11-12-17)16-9-7-14(8-10-16)13(2)3/h7-10,15H,2,4-6,11-12,17H2,1,3H3. The van der Waals surface area contributed by atoms with E-state index in [2.05, 4.69) is 37.8 Å². The molecule has 0 aliphatic heterocycles. The van der Waals surface area contributed by atoms with E-state index >= 15 is 0 Å². The van der Waals surface area contributed by atoms with Gasteiger partial charge in [0.15, 0.2) is 0 Å². The molecule has 0 spiro atoms. The van der Waals surface area contributed by atoms with E-state index in [1.165, 1.54) is 30.4 Å². The zero-order valence-corrected chi connectivity index (χ0v) is 11.2. The fourth-order valence-corrected chi connectivity index (χ4v) is 2.17. The predicted molar refractivity (Wildman–Crippen MR) is 77.1 cm³/mol. The highest BCUT2D eigenvalue weighted by Crippen LogP contribution is 2.26. The van der Waals surface area contributed by atoms with Crippen LogP contribution in [0.1, 0.15) is 56.6 Å². The van der Waals surface area contributed by atoms with Crippen molar-refractivity contribution in [2.75, 3.05) is 6.54 Å². The summed E-state index contributed by atoms with van der Waals surface area (Å²) >= 11 is 0. The molecule has 1 heteroatoms. The average Bonchev–Trinajstić information content (AvgIpc) is 2.34. The highest BCUT2D eigenvalue weighted by atomic mass is 14.5. The van der Waals surface area contributed by atoms with E-state index < -0.39 is 0 Å². The second-order valence-electron chi connectivity index (χ2n) is 4.82. The fraction of sp³-hybridized carbons (Fsp3) is 0.500. The van der Waals surface area contributed by atoms with Crippen molar-refractivity contribution in [3.8, 4) is 0 Å². The average molecular weight is 231 g/mol. The summed E-state index contributed by atoms with van der Waals surface area (Å²) in [6, 6.07) is 8.82. The highest BCUT2D eigenvalue weighted by molar-refractivity contribution is 5.61. The lowest BCUT2D eigenvalue weighted by Gasteiger charge is -2.16. The molecule has 0 heterocycles. The molecule has 0 bridgehead atoms. The van der Waals surface area contributed by atoms with E-state index in [-0.39, 0.29) is 0 Å². The number of hydrogen-bond acceptors (Lipinski definition) is 1. The minimum Gasteiger partial charge on any atom is -0.330 e. The Morgan fingerprint density at radius 3 is 2.35 bits per heavy atom. The van der Waals surface area contributed by atoms with Crippen molar-refractivity contribution in [3.63, 3.8) is 0 Å². The number of unbranched alkanes of at least 4 members (excludes halogenated alkanes) is 1. The van der Waals surface area contributed by atoms with Gasteiger partial charge in [-0.3, -0.25) is 0 Å². The lowest BCUT2D eigenvalue weighted by molar-refractivity contribution is 0.553. The number of rotatable bonds is 7. The summed E-state index contributed by atoms with van der Waals surface area (Å²) in [5, 5.41) is 0. The molecule has 0 saturated heterocycles. The number of hydrogen-bond donors (Lipinski definition) is 1. The largest absolute Gasteiger partial charge is 0.330 e. The molecule has 94 valence electrons. The van der Waals surface area contributed by atoms with E-state index in [1.807, 2.05) is 6.92 Å². The van der Waals surface area contributed by atoms with Crippen LogP contribution in [0.5, 0.6) is 0 Å². The van der Waals surface area contributed by atoms with Crippen LogP contribution < -0.4 is 5.73 Å². The Kier molecular flexibility index (Phi) is 5.99. The van der Waals surface area contributed by atoms with Gasteiger partial charge in [-0.05, 0) is 43.4 Å². The molecule has 1 atom stereocenters. The highest BCUT2D eigenvalue weighted by Gasteiger charge is 2.10. The van der Waals surface area contributed by atoms with E-state index in [4.69, 9.17) is 5.73 Å². The van der Waals surface area contributed by atoms with Crippen LogP contribution in [0, 0.1) is 0 Å². The molecule has 1 aromatic rings. The Bertz CT molecular complexity index is 337. The number of nitrogens with two attached hydrogens (primary N) is 1. The Labute approximate surface area is 106 Å². The summed E-state index contributed by atoms with van der Waals surface area (Å²) in [5.74, 6) is 0.624. The maximum Gasteiger partial charge on any atom is -0.00714 e. The first-order valence-electron chi connectivity index (χ1n) is 6.65. The van der Waals surface area contributed by atoms with Gasteiger partial charge in [0.25, 0.3) is 0 Å². The summed E-state index contributed by atoms with van der Waals surface area (Å²) in [6.45, 7) is 9.03. The molecule has 1 rings (SSSR count). The van der Waals surface area contributed by atoms with E-state index in [0.29, 0.717) is 5.92 Å². The molecule has 1 aromatic carbocycles. The molecule has 17 heavy (non-hydrogen) atoms. The first-order chi connectivity index (χ1) is 8.19. The third-order valence-corrected chi connectivity index (χ3v) is 3.30. The van der Waals surface area contributed by atoms with Gasteiger partial charge in [-0.2, -0.15) is 0 Å². The summed E-state index contributed by atoms with van der Waals surface area (Å²) in [4.78, 5) is 0. The van der Waals surface area contributed by atoms with Crippen LogP contribution in [0.4, 0.5) is 0 Å². The van der Waals surface area contributed by atoms with Crippen molar-refractivity contribution < 1.29 is 0 Å². The van der Waals surface area contributed by atoms with Gasteiger partial charge in [-0.1, -0.05) is 56.2 Å². The molecule has 0 aliphatic carbocycles. The van der Waals surface area contributed by atoms with Crippen molar-refractivity contribution in [3.05, 3.63) is 42.0 Å². The Morgan fingerprint density at radius 1 is 1.24 bits per heavy atom. The second kappa shape index (κ2) is 7.29. The minimum absolute atomic E-state index is 0.624. The van der Waals surface area contributed by atoms with Crippen molar-refractivity contribution in [1.29, 1.82) is 0 Å². The molecular formula is C16H25N. The Hall–Kier alpha value is -1.08. The quantitative estimate of drug-likeness (QED) is 0.742. The van der Waals surface area contributed by atoms with Gasteiger partial charge in [0.2, 0.25) is 0 Å². The fourth-order valence-electron chi connectivity index (χ4n) is 2.17. The molecule has 0 fully saturated rings. The van der Waals surface area contributed by atoms with Gasteiger partial charge in [-0.25, -0.2) is 0 Å². The normalized spacial score (nSPS) is 12.4. The van der Waals surface area contributed by atoms with Crippen LogP contribution in [-0.2, 0) is 0 Å². The van der Waals surface area contributed by atoms with Gasteiger partial charge in [-0.15, -0.1) is 0 Å². The minimum atomic E-state index is 0.624. The molecule has 0 amide bonds. The van der Waals surface area contributed by atoms with Crippen molar-refractivity contribution in [2.45, 2.75) is 45.4 Å². The SMILES string of the molecule is C=C(C)c1ccc(C(CCN)CCCC)cc1. The van der Waals surface area contributed by atoms with Crippen LogP contribution in [0.3, 0.4) is 0 Å². The maximum atomic E-state index is 5.70. The van der Waals surface area contributed by atoms with Gasteiger partial charge >= 0.3 is 0 Å².